The van der Waals surface area contributed by atoms with Crippen molar-refractivity contribution in [3.63, 3.8) is 0 Å². The number of nitrogens with one attached hydrogen (secondary N) is 2. The number of fused-ring (bicyclic) bond motifs is 1. The van der Waals surface area contributed by atoms with Crippen LogP contribution in [0.15, 0.2) is 29.1 Å². The zero-order chi connectivity index (χ0) is 19.7. The summed E-state index contributed by atoms with van der Waals surface area (Å²) in [4.78, 5) is 25.8. The standard InChI is InChI=1S/C19H22N4O4.2ClH/c1-10-16(22-18(25)15(17(10)24)19(26)27)11-3-4-14-12(7-11)8-13(23(14)2)9-21-6-5-20;;/h3-4,7-8,21H,5-6,9,20H2,1-2H3,(H,26,27)(H2,22,24,25);2*1H. The zero-order valence-electron chi connectivity index (χ0n) is 16.0. The molecule has 0 unspecified atom stereocenters. The molecule has 10 heteroatoms. The molecule has 0 radical (unpaired) electrons. The van der Waals surface area contributed by atoms with Crippen molar-refractivity contribution in [1.29, 1.82) is 0 Å². The minimum absolute atomic E-state index is 0. The number of aromatic hydroxyl groups is 1. The molecule has 0 aliphatic carbocycles. The van der Waals surface area contributed by atoms with Crippen LogP contribution in [0.5, 0.6) is 5.75 Å². The van der Waals surface area contributed by atoms with E-state index in [1.807, 2.05) is 31.3 Å². The molecular weight excluding hydrogens is 419 g/mol. The lowest BCUT2D eigenvalue weighted by Gasteiger charge is -2.10. The molecule has 0 saturated heterocycles. The van der Waals surface area contributed by atoms with Gasteiger partial charge >= 0.3 is 5.97 Å². The molecule has 2 heterocycles. The number of carbonyl (C=O) groups is 1. The van der Waals surface area contributed by atoms with E-state index < -0.39 is 22.8 Å². The lowest BCUT2D eigenvalue weighted by atomic mass is 10.0. The summed E-state index contributed by atoms with van der Waals surface area (Å²) in [6.45, 7) is 3.55. The first-order valence-corrected chi connectivity index (χ1v) is 8.53. The van der Waals surface area contributed by atoms with E-state index in [0.29, 0.717) is 29.9 Å². The van der Waals surface area contributed by atoms with Crippen molar-refractivity contribution in [2.45, 2.75) is 13.5 Å². The molecule has 158 valence electrons. The summed E-state index contributed by atoms with van der Waals surface area (Å²) in [5, 5.41) is 23.5. The lowest BCUT2D eigenvalue weighted by molar-refractivity contribution is 0.0691. The van der Waals surface area contributed by atoms with Gasteiger partial charge in [0.1, 0.15) is 5.75 Å². The van der Waals surface area contributed by atoms with E-state index in [1.165, 1.54) is 0 Å². The highest BCUT2D eigenvalue weighted by molar-refractivity contribution is 5.92. The summed E-state index contributed by atoms with van der Waals surface area (Å²) < 4.78 is 2.07. The number of H-pyrrole nitrogens is 1. The first-order chi connectivity index (χ1) is 12.8. The topological polar surface area (TPSA) is 133 Å². The summed E-state index contributed by atoms with van der Waals surface area (Å²) in [6, 6.07) is 7.70. The van der Waals surface area contributed by atoms with Crippen molar-refractivity contribution >= 4 is 41.7 Å². The first kappa shape index (κ1) is 24.5. The molecule has 8 nitrogen and oxygen atoms in total. The van der Waals surface area contributed by atoms with Crippen LogP contribution in [0, 0.1) is 6.92 Å². The van der Waals surface area contributed by atoms with E-state index >= 15 is 0 Å². The van der Waals surface area contributed by atoms with Crippen LogP contribution in [0.3, 0.4) is 0 Å². The quantitative estimate of drug-likeness (QED) is 0.371. The number of rotatable bonds is 6. The van der Waals surface area contributed by atoms with Gasteiger partial charge in [0, 0.05) is 48.8 Å². The Morgan fingerprint density at radius 1 is 1.28 bits per heavy atom. The van der Waals surface area contributed by atoms with Crippen LogP contribution in [0.1, 0.15) is 21.6 Å². The van der Waals surface area contributed by atoms with Crippen LogP contribution in [0.2, 0.25) is 0 Å². The number of aromatic nitrogens is 2. The Morgan fingerprint density at radius 3 is 2.59 bits per heavy atom. The van der Waals surface area contributed by atoms with Gasteiger partial charge in [-0.25, -0.2) is 4.79 Å². The number of aryl methyl sites for hydroxylation is 1. The van der Waals surface area contributed by atoms with Gasteiger partial charge in [0.15, 0.2) is 5.56 Å². The van der Waals surface area contributed by atoms with Crippen molar-refractivity contribution in [3.05, 3.63) is 51.4 Å². The molecule has 0 bridgehead atoms. The summed E-state index contributed by atoms with van der Waals surface area (Å²) >= 11 is 0. The van der Waals surface area contributed by atoms with Gasteiger partial charge in [0.2, 0.25) is 0 Å². The fourth-order valence-corrected chi connectivity index (χ4v) is 3.22. The summed E-state index contributed by atoms with van der Waals surface area (Å²) in [7, 11) is 1.97. The fourth-order valence-electron chi connectivity index (χ4n) is 3.22. The number of aromatic carboxylic acids is 1. The molecule has 3 rings (SSSR count). The third-order valence-electron chi connectivity index (χ3n) is 4.70. The highest BCUT2D eigenvalue weighted by Crippen LogP contribution is 2.31. The monoisotopic (exact) mass is 442 g/mol. The fraction of sp³-hybridized carbons (Fsp3) is 0.263. The summed E-state index contributed by atoms with van der Waals surface area (Å²) in [5.41, 5.74) is 7.53. The molecule has 1 aromatic carbocycles. The Balaban J connectivity index is 0.00000210. The Bertz CT molecular complexity index is 1090. The predicted octanol–water partition coefficient (Wildman–Crippen LogP) is 2.14. The van der Waals surface area contributed by atoms with E-state index in [-0.39, 0.29) is 24.8 Å². The number of carboxylic acids is 1. The van der Waals surface area contributed by atoms with Crippen molar-refractivity contribution in [2.75, 3.05) is 13.1 Å². The van der Waals surface area contributed by atoms with E-state index in [1.54, 1.807) is 6.92 Å². The number of hydrogen-bond acceptors (Lipinski definition) is 5. The first-order valence-electron chi connectivity index (χ1n) is 8.53. The molecule has 6 N–H and O–H groups in total. The van der Waals surface area contributed by atoms with Crippen LogP contribution in [0.25, 0.3) is 22.2 Å². The third-order valence-corrected chi connectivity index (χ3v) is 4.70. The molecular formula is C19H24Cl2N4O4. The molecule has 3 aromatic rings. The van der Waals surface area contributed by atoms with E-state index in [4.69, 9.17) is 10.8 Å². The summed E-state index contributed by atoms with van der Waals surface area (Å²) in [6.07, 6.45) is 0. The molecule has 29 heavy (non-hydrogen) atoms. The maximum atomic E-state index is 12.1. The number of nitrogens with two attached hydrogens (primary N) is 1. The smallest absolute Gasteiger partial charge is 0.345 e. The van der Waals surface area contributed by atoms with Crippen molar-refractivity contribution < 1.29 is 15.0 Å². The Kier molecular flexibility index (Phi) is 8.28. The minimum Gasteiger partial charge on any atom is -0.506 e. The van der Waals surface area contributed by atoms with Crippen LogP contribution >= 0.6 is 24.8 Å². The van der Waals surface area contributed by atoms with Crippen LogP contribution in [-0.4, -0.2) is 38.8 Å². The SMILES string of the molecule is Cc1c(-c2ccc3c(c2)cc(CNCCN)n3C)[nH]c(=O)c(C(=O)O)c1O.Cl.Cl. The Morgan fingerprint density at radius 2 is 1.97 bits per heavy atom. The number of carboxylic acid groups (broad SMARTS) is 1. The Hall–Kier alpha value is -2.52. The largest absolute Gasteiger partial charge is 0.506 e. The Labute approximate surface area is 179 Å². The number of hydrogen-bond donors (Lipinski definition) is 5. The van der Waals surface area contributed by atoms with Gasteiger partial charge in [0.05, 0.1) is 5.69 Å². The second kappa shape index (κ2) is 9.80. The molecule has 0 aliphatic heterocycles. The lowest BCUT2D eigenvalue weighted by Crippen LogP contribution is -2.22. The number of aromatic amines is 1. The highest BCUT2D eigenvalue weighted by Gasteiger charge is 2.20. The second-order valence-electron chi connectivity index (χ2n) is 6.42. The van der Waals surface area contributed by atoms with Gasteiger partial charge in [-0.15, -0.1) is 24.8 Å². The number of nitrogens with zero attached hydrogens (tertiary/aromatic N) is 1. The van der Waals surface area contributed by atoms with Gasteiger partial charge in [-0.3, -0.25) is 4.79 Å². The number of pyridine rings is 1. The normalized spacial score (nSPS) is 10.4. The van der Waals surface area contributed by atoms with Gasteiger partial charge in [-0.2, -0.15) is 0 Å². The minimum atomic E-state index is -1.46. The predicted molar refractivity (Wildman–Crippen MR) is 118 cm³/mol. The maximum absolute atomic E-state index is 12.1. The molecule has 0 saturated carbocycles. The van der Waals surface area contributed by atoms with Gasteiger partial charge < -0.3 is 30.8 Å². The average Bonchev–Trinajstić information content (AvgIpc) is 2.93. The van der Waals surface area contributed by atoms with E-state index in [9.17, 15) is 14.7 Å². The van der Waals surface area contributed by atoms with Crippen molar-refractivity contribution in [1.82, 2.24) is 14.9 Å². The van der Waals surface area contributed by atoms with Gasteiger partial charge in [-0.1, -0.05) is 6.07 Å². The summed E-state index contributed by atoms with van der Waals surface area (Å²) in [5.74, 6) is -1.97. The third kappa shape index (κ3) is 4.56. The van der Waals surface area contributed by atoms with Crippen molar-refractivity contribution in [3.8, 4) is 17.0 Å². The van der Waals surface area contributed by atoms with E-state index in [2.05, 4.69) is 14.9 Å². The zero-order valence-corrected chi connectivity index (χ0v) is 17.6. The molecule has 0 aliphatic rings. The molecule has 0 spiro atoms. The van der Waals surface area contributed by atoms with Gasteiger partial charge in [-0.05, 0) is 30.7 Å². The number of halogens is 2. The number of benzene rings is 1. The maximum Gasteiger partial charge on any atom is 0.345 e. The second-order valence-corrected chi connectivity index (χ2v) is 6.42. The molecule has 0 atom stereocenters. The average molecular weight is 443 g/mol. The van der Waals surface area contributed by atoms with E-state index in [0.717, 1.165) is 23.1 Å². The van der Waals surface area contributed by atoms with Crippen LogP contribution in [-0.2, 0) is 13.6 Å². The molecule has 0 fully saturated rings. The highest BCUT2D eigenvalue weighted by atomic mass is 35.5. The molecule has 0 amide bonds. The molecule has 2 aromatic heterocycles. The van der Waals surface area contributed by atoms with Crippen LogP contribution < -0.4 is 16.6 Å². The van der Waals surface area contributed by atoms with Crippen LogP contribution in [0.4, 0.5) is 0 Å². The van der Waals surface area contributed by atoms with Gasteiger partial charge in [0.25, 0.3) is 5.56 Å². The van der Waals surface area contributed by atoms with Crippen molar-refractivity contribution in [2.24, 2.45) is 12.8 Å².